The second-order valence-corrected chi connectivity index (χ2v) is 6.80. The highest BCUT2D eigenvalue weighted by Gasteiger charge is 2.24. The Morgan fingerprint density at radius 3 is 2.17 bits per heavy atom. The molecule has 0 saturated carbocycles. The molecule has 0 aromatic carbocycles. The number of aromatic nitrogens is 2. The van der Waals surface area contributed by atoms with Gasteiger partial charge in [0.2, 0.25) is 23.6 Å². The standard InChI is InChI=1S/C16H26N4O4/c1-16(2,3)10-11(21)17-12-13(22-4)18-15(19-14(12)23-5)20-6-8-24-9-7-20/h6-10H2,1-5H3,(H,17,21). The van der Waals surface area contributed by atoms with Gasteiger partial charge < -0.3 is 24.4 Å². The van der Waals surface area contributed by atoms with E-state index in [2.05, 4.69) is 15.3 Å². The number of amides is 1. The van der Waals surface area contributed by atoms with Gasteiger partial charge in [0.05, 0.1) is 27.4 Å². The molecule has 1 aromatic rings. The zero-order chi connectivity index (χ0) is 17.7. The van der Waals surface area contributed by atoms with Crippen LogP contribution in [0.2, 0.25) is 0 Å². The van der Waals surface area contributed by atoms with Gasteiger partial charge >= 0.3 is 0 Å². The van der Waals surface area contributed by atoms with Gasteiger partial charge in [-0.2, -0.15) is 9.97 Å². The Morgan fingerprint density at radius 1 is 1.17 bits per heavy atom. The van der Waals surface area contributed by atoms with Crippen LogP contribution in [0.15, 0.2) is 0 Å². The molecule has 2 rings (SSSR count). The predicted octanol–water partition coefficient (Wildman–Crippen LogP) is 1.71. The van der Waals surface area contributed by atoms with E-state index in [-0.39, 0.29) is 23.1 Å². The molecule has 1 aliphatic rings. The Kier molecular flexibility index (Phi) is 5.82. The van der Waals surface area contributed by atoms with Gasteiger partial charge in [0.15, 0.2) is 5.69 Å². The van der Waals surface area contributed by atoms with Crippen LogP contribution in [0.4, 0.5) is 11.6 Å². The molecule has 1 amide bonds. The van der Waals surface area contributed by atoms with Gasteiger partial charge in [0, 0.05) is 19.5 Å². The van der Waals surface area contributed by atoms with E-state index in [0.717, 1.165) is 0 Å². The minimum absolute atomic E-state index is 0.126. The van der Waals surface area contributed by atoms with Crippen LogP contribution >= 0.6 is 0 Å². The van der Waals surface area contributed by atoms with Crippen molar-refractivity contribution in [3.63, 3.8) is 0 Å². The average Bonchev–Trinajstić information content (AvgIpc) is 2.54. The molecule has 8 heteroatoms. The Labute approximate surface area is 142 Å². The van der Waals surface area contributed by atoms with Crippen molar-refractivity contribution >= 4 is 17.5 Å². The summed E-state index contributed by atoms with van der Waals surface area (Å²) in [6.45, 7) is 8.64. The third-order valence-electron chi connectivity index (χ3n) is 3.47. The summed E-state index contributed by atoms with van der Waals surface area (Å²) in [6, 6.07) is 0. The third kappa shape index (κ3) is 4.70. The van der Waals surface area contributed by atoms with Gasteiger partial charge in [-0.3, -0.25) is 4.79 Å². The van der Waals surface area contributed by atoms with E-state index in [4.69, 9.17) is 14.2 Å². The molecule has 0 unspecified atom stereocenters. The molecular formula is C16H26N4O4. The zero-order valence-electron chi connectivity index (χ0n) is 15.0. The fourth-order valence-electron chi connectivity index (χ4n) is 2.38. The lowest BCUT2D eigenvalue weighted by atomic mass is 9.92. The summed E-state index contributed by atoms with van der Waals surface area (Å²) in [5, 5.41) is 2.81. The van der Waals surface area contributed by atoms with Crippen molar-refractivity contribution in [1.29, 1.82) is 0 Å². The molecule has 1 aromatic heterocycles. The second-order valence-electron chi connectivity index (χ2n) is 6.80. The second kappa shape index (κ2) is 7.65. The summed E-state index contributed by atoms with van der Waals surface area (Å²) in [5.74, 6) is 0.929. The Balaban J connectivity index is 2.28. The number of carbonyl (C=O) groups is 1. The van der Waals surface area contributed by atoms with Gasteiger partial charge in [0.1, 0.15) is 0 Å². The number of rotatable bonds is 5. The lowest BCUT2D eigenvalue weighted by molar-refractivity contribution is -0.117. The van der Waals surface area contributed by atoms with E-state index in [1.54, 1.807) is 0 Å². The minimum atomic E-state index is -0.137. The van der Waals surface area contributed by atoms with Crippen LogP contribution in [-0.4, -0.2) is 56.4 Å². The van der Waals surface area contributed by atoms with Crippen molar-refractivity contribution in [1.82, 2.24) is 9.97 Å². The van der Waals surface area contributed by atoms with E-state index in [0.29, 0.717) is 44.4 Å². The fourth-order valence-corrected chi connectivity index (χ4v) is 2.38. The van der Waals surface area contributed by atoms with Crippen molar-refractivity contribution in [3.8, 4) is 11.8 Å². The summed E-state index contributed by atoms with van der Waals surface area (Å²) in [4.78, 5) is 23.1. The number of ether oxygens (including phenoxy) is 3. The number of carbonyl (C=O) groups excluding carboxylic acids is 1. The molecule has 0 bridgehead atoms. The Morgan fingerprint density at radius 2 is 1.71 bits per heavy atom. The number of nitrogens with zero attached hydrogens (tertiary/aromatic N) is 3. The van der Waals surface area contributed by atoms with Crippen LogP contribution in [0.1, 0.15) is 27.2 Å². The molecule has 0 spiro atoms. The molecule has 8 nitrogen and oxygen atoms in total. The first kappa shape index (κ1) is 18.3. The molecule has 2 heterocycles. The van der Waals surface area contributed by atoms with Gasteiger partial charge in [-0.25, -0.2) is 0 Å². The van der Waals surface area contributed by atoms with Crippen LogP contribution < -0.4 is 19.7 Å². The maximum absolute atomic E-state index is 12.2. The molecule has 24 heavy (non-hydrogen) atoms. The smallest absolute Gasteiger partial charge is 0.246 e. The van der Waals surface area contributed by atoms with Gasteiger partial charge in [-0.15, -0.1) is 0 Å². The summed E-state index contributed by atoms with van der Waals surface area (Å²) < 4.78 is 16.0. The first-order valence-corrected chi connectivity index (χ1v) is 7.96. The molecule has 1 saturated heterocycles. The van der Waals surface area contributed by atoms with Crippen LogP contribution in [-0.2, 0) is 9.53 Å². The summed E-state index contributed by atoms with van der Waals surface area (Å²) >= 11 is 0. The zero-order valence-corrected chi connectivity index (χ0v) is 15.0. The average molecular weight is 338 g/mol. The number of methoxy groups -OCH3 is 2. The number of anilines is 2. The predicted molar refractivity (Wildman–Crippen MR) is 90.9 cm³/mol. The first-order chi connectivity index (χ1) is 11.3. The fraction of sp³-hybridized carbons (Fsp3) is 0.688. The minimum Gasteiger partial charge on any atom is -0.479 e. The number of hydrogen-bond acceptors (Lipinski definition) is 7. The van der Waals surface area contributed by atoms with E-state index in [1.807, 2.05) is 25.7 Å². The van der Waals surface area contributed by atoms with Crippen molar-refractivity contribution in [3.05, 3.63) is 0 Å². The number of nitrogens with one attached hydrogen (secondary N) is 1. The molecule has 1 fully saturated rings. The van der Waals surface area contributed by atoms with Gasteiger partial charge in [-0.05, 0) is 5.41 Å². The van der Waals surface area contributed by atoms with Crippen LogP contribution in [0.3, 0.4) is 0 Å². The highest BCUT2D eigenvalue weighted by Crippen LogP contribution is 2.34. The molecular weight excluding hydrogens is 312 g/mol. The van der Waals surface area contributed by atoms with E-state index >= 15 is 0 Å². The SMILES string of the molecule is COc1nc(N2CCOCC2)nc(OC)c1NC(=O)CC(C)(C)C. The molecule has 1 aliphatic heterocycles. The summed E-state index contributed by atoms with van der Waals surface area (Å²) in [6.07, 6.45) is 0.366. The lowest BCUT2D eigenvalue weighted by Crippen LogP contribution is -2.37. The summed E-state index contributed by atoms with van der Waals surface area (Å²) in [7, 11) is 3.01. The third-order valence-corrected chi connectivity index (χ3v) is 3.47. The van der Waals surface area contributed by atoms with Gasteiger partial charge in [0.25, 0.3) is 0 Å². The van der Waals surface area contributed by atoms with Crippen LogP contribution in [0.5, 0.6) is 11.8 Å². The first-order valence-electron chi connectivity index (χ1n) is 7.96. The molecule has 134 valence electrons. The van der Waals surface area contributed by atoms with Crippen molar-refractivity contribution in [2.45, 2.75) is 27.2 Å². The lowest BCUT2D eigenvalue weighted by Gasteiger charge is -2.27. The summed E-state index contributed by atoms with van der Waals surface area (Å²) in [5.41, 5.74) is 0.227. The highest BCUT2D eigenvalue weighted by atomic mass is 16.5. The van der Waals surface area contributed by atoms with Gasteiger partial charge in [-0.1, -0.05) is 20.8 Å². The largest absolute Gasteiger partial charge is 0.479 e. The quantitative estimate of drug-likeness (QED) is 0.874. The molecule has 1 N–H and O–H groups in total. The maximum atomic E-state index is 12.2. The van der Waals surface area contributed by atoms with E-state index < -0.39 is 0 Å². The topological polar surface area (TPSA) is 85.8 Å². The Bertz CT molecular complexity index is 555. The van der Waals surface area contributed by atoms with Crippen molar-refractivity contribution in [2.24, 2.45) is 5.41 Å². The van der Waals surface area contributed by atoms with Crippen LogP contribution in [0.25, 0.3) is 0 Å². The van der Waals surface area contributed by atoms with Crippen LogP contribution in [0, 0.1) is 5.41 Å². The highest BCUT2D eigenvalue weighted by molar-refractivity contribution is 5.93. The van der Waals surface area contributed by atoms with E-state index in [1.165, 1.54) is 14.2 Å². The van der Waals surface area contributed by atoms with Crippen molar-refractivity contribution in [2.75, 3.05) is 50.7 Å². The van der Waals surface area contributed by atoms with E-state index in [9.17, 15) is 4.79 Å². The number of morpholine rings is 1. The monoisotopic (exact) mass is 338 g/mol. The molecule has 0 aliphatic carbocycles. The maximum Gasteiger partial charge on any atom is 0.246 e. The Hall–Kier alpha value is -2.09. The number of hydrogen-bond donors (Lipinski definition) is 1. The molecule has 0 radical (unpaired) electrons. The molecule has 0 atom stereocenters. The normalized spacial score (nSPS) is 15.1. The van der Waals surface area contributed by atoms with Crippen molar-refractivity contribution < 1.29 is 19.0 Å².